The Morgan fingerprint density at radius 1 is 1.00 bits per heavy atom. The molecule has 0 bridgehead atoms. The highest BCUT2D eigenvalue weighted by atomic mass is 16.5. The molecule has 0 aromatic heterocycles. The van der Waals surface area contributed by atoms with Gasteiger partial charge in [-0.1, -0.05) is 18.2 Å². The van der Waals surface area contributed by atoms with Crippen LogP contribution in [0.4, 0.5) is 0 Å². The van der Waals surface area contributed by atoms with Gasteiger partial charge < -0.3 is 9.47 Å². The lowest BCUT2D eigenvalue weighted by molar-refractivity contribution is -0.138. The number of methoxy groups -OCH3 is 1. The second kappa shape index (κ2) is 7.55. The van der Waals surface area contributed by atoms with Gasteiger partial charge in [-0.3, -0.25) is 9.59 Å². The molecule has 1 aromatic carbocycles. The van der Waals surface area contributed by atoms with Crippen LogP contribution in [0.25, 0.3) is 0 Å². The molecule has 15 heavy (non-hydrogen) atoms. The second-order valence-corrected chi connectivity index (χ2v) is 2.60. The van der Waals surface area contributed by atoms with E-state index in [1.807, 2.05) is 18.2 Å². The smallest absolute Gasteiger partial charge is 0.308 e. The summed E-state index contributed by atoms with van der Waals surface area (Å²) in [4.78, 5) is 20.0. The van der Waals surface area contributed by atoms with Crippen LogP contribution in [0.5, 0.6) is 5.75 Å². The van der Waals surface area contributed by atoms with Crippen LogP contribution >= 0.6 is 0 Å². The first-order valence-corrected chi connectivity index (χ1v) is 4.34. The molecule has 0 aliphatic carbocycles. The van der Waals surface area contributed by atoms with Crippen LogP contribution in [0, 0.1) is 0 Å². The molecule has 0 aliphatic rings. The molecular formula is C11H14O4. The van der Waals surface area contributed by atoms with E-state index in [4.69, 9.17) is 4.74 Å². The SMILES string of the molecule is CC(=O)Oc1ccccc1.COC(C)=O. The summed E-state index contributed by atoms with van der Waals surface area (Å²) in [7, 11) is 1.35. The lowest BCUT2D eigenvalue weighted by atomic mass is 10.3. The number of carbonyl (C=O) groups is 2. The molecule has 1 rings (SSSR count). The van der Waals surface area contributed by atoms with Gasteiger partial charge in [-0.25, -0.2) is 0 Å². The highest BCUT2D eigenvalue weighted by molar-refractivity contribution is 5.69. The normalized spacial score (nSPS) is 8.20. The zero-order chi connectivity index (χ0) is 11.7. The van der Waals surface area contributed by atoms with E-state index in [1.165, 1.54) is 21.0 Å². The van der Waals surface area contributed by atoms with Crippen LogP contribution in [-0.2, 0) is 14.3 Å². The van der Waals surface area contributed by atoms with E-state index in [0.29, 0.717) is 5.75 Å². The summed E-state index contributed by atoms with van der Waals surface area (Å²) < 4.78 is 8.89. The van der Waals surface area contributed by atoms with Gasteiger partial charge in [-0.05, 0) is 12.1 Å². The van der Waals surface area contributed by atoms with Gasteiger partial charge in [0.15, 0.2) is 0 Å². The van der Waals surface area contributed by atoms with Crippen LogP contribution in [-0.4, -0.2) is 19.0 Å². The van der Waals surface area contributed by atoms with Gasteiger partial charge in [0, 0.05) is 13.8 Å². The molecule has 0 amide bonds. The van der Waals surface area contributed by atoms with Crippen molar-refractivity contribution in [1.29, 1.82) is 0 Å². The molecule has 4 heteroatoms. The molecule has 0 aliphatic heterocycles. The molecule has 1 aromatic rings. The van der Waals surface area contributed by atoms with E-state index in [0.717, 1.165) is 0 Å². The van der Waals surface area contributed by atoms with Crippen molar-refractivity contribution in [2.45, 2.75) is 13.8 Å². The van der Waals surface area contributed by atoms with Crippen molar-refractivity contribution >= 4 is 11.9 Å². The topological polar surface area (TPSA) is 52.6 Å². The lowest BCUT2D eigenvalue weighted by Gasteiger charge is -1.97. The summed E-state index contributed by atoms with van der Waals surface area (Å²) in [5.41, 5.74) is 0. The first kappa shape index (κ1) is 13.2. The molecule has 0 saturated carbocycles. The lowest BCUT2D eigenvalue weighted by Crippen LogP contribution is -2.00. The Hall–Kier alpha value is -1.84. The number of hydrogen-bond acceptors (Lipinski definition) is 4. The average molecular weight is 210 g/mol. The third kappa shape index (κ3) is 8.49. The van der Waals surface area contributed by atoms with E-state index >= 15 is 0 Å². The Bertz CT molecular complexity index is 306. The molecule has 0 N–H and O–H groups in total. The molecule has 0 spiro atoms. The monoisotopic (exact) mass is 210 g/mol. The number of para-hydroxylation sites is 1. The van der Waals surface area contributed by atoms with Gasteiger partial charge in [0.1, 0.15) is 5.75 Å². The molecular weight excluding hydrogens is 196 g/mol. The Morgan fingerprint density at radius 3 is 1.80 bits per heavy atom. The first-order chi connectivity index (χ1) is 7.06. The molecule has 82 valence electrons. The fraction of sp³-hybridized carbons (Fsp3) is 0.273. The highest BCUT2D eigenvalue weighted by Gasteiger charge is 1.92. The third-order valence-corrected chi connectivity index (χ3v) is 1.29. The van der Waals surface area contributed by atoms with Gasteiger partial charge >= 0.3 is 11.9 Å². The van der Waals surface area contributed by atoms with Crippen LogP contribution in [0.3, 0.4) is 0 Å². The maximum atomic E-state index is 10.4. The van der Waals surface area contributed by atoms with Crippen molar-refractivity contribution in [3.05, 3.63) is 30.3 Å². The van der Waals surface area contributed by atoms with Crippen LogP contribution in [0.1, 0.15) is 13.8 Å². The summed E-state index contributed by atoms with van der Waals surface area (Å²) in [5, 5.41) is 0. The fourth-order valence-corrected chi connectivity index (χ4v) is 0.655. The van der Waals surface area contributed by atoms with E-state index in [-0.39, 0.29) is 11.9 Å². The summed E-state index contributed by atoms with van der Waals surface area (Å²) in [6.45, 7) is 2.74. The minimum Gasteiger partial charge on any atom is -0.469 e. The predicted molar refractivity (Wildman–Crippen MR) is 55.4 cm³/mol. The van der Waals surface area contributed by atoms with Gasteiger partial charge in [0.25, 0.3) is 0 Å². The molecule has 0 heterocycles. The van der Waals surface area contributed by atoms with E-state index < -0.39 is 0 Å². The van der Waals surface area contributed by atoms with Gasteiger partial charge in [-0.15, -0.1) is 0 Å². The number of ether oxygens (including phenoxy) is 2. The van der Waals surface area contributed by atoms with Crippen molar-refractivity contribution in [3.8, 4) is 5.75 Å². The van der Waals surface area contributed by atoms with Gasteiger partial charge in [0.05, 0.1) is 7.11 Å². The Balaban J connectivity index is 0.000000336. The number of carbonyl (C=O) groups excluding carboxylic acids is 2. The molecule has 0 fully saturated rings. The number of benzene rings is 1. The first-order valence-electron chi connectivity index (χ1n) is 4.34. The predicted octanol–water partition coefficient (Wildman–Crippen LogP) is 1.79. The van der Waals surface area contributed by atoms with E-state index in [2.05, 4.69) is 4.74 Å². The summed E-state index contributed by atoms with van der Waals surface area (Å²) in [5.74, 6) is 0.0613. The largest absolute Gasteiger partial charge is 0.469 e. The second-order valence-electron chi connectivity index (χ2n) is 2.60. The minimum absolute atomic E-state index is 0.245. The quantitative estimate of drug-likeness (QED) is 0.523. The van der Waals surface area contributed by atoms with E-state index in [1.54, 1.807) is 12.1 Å². The zero-order valence-electron chi connectivity index (χ0n) is 9.02. The Labute approximate surface area is 88.8 Å². The molecule has 0 atom stereocenters. The minimum atomic E-state index is -0.286. The number of rotatable bonds is 1. The van der Waals surface area contributed by atoms with Crippen LogP contribution in [0.15, 0.2) is 30.3 Å². The zero-order valence-corrected chi connectivity index (χ0v) is 9.02. The number of hydrogen-bond donors (Lipinski definition) is 0. The van der Waals surface area contributed by atoms with Crippen molar-refractivity contribution in [2.75, 3.05) is 7.11 Å². The standard InChI is InChI=1S/C8H8O2.C3H6O2/c1-7(9)10-8-5-3-2-4-6-8;1-3(4)5-2/h2-6H,1H3;1-2H3. The van der Waals surface area contributed by atoms with Gasteiger partial charge in [0.2, 0.25) is 0 Å². The molecule has 0 unspecified atom stereocenters. The maximum Gasteiger partial charge on any atom is 0.308 e. The van der Waals surface area contributed by atoms with Crippen LogP contribution < -0.4 is 4.74 Å². The Kier molecular flexibility index (Phi) is 6.63. The molecule has 4 nitrogen and oxygen atoms in total. The van der Waals surface area contributed by atoms with Gasteiger partial charge in [-0.2, -0.15) is 0 Å². The number of esters is 2. The van der Waals surface area contributed by atoms with Crippen molar-refractivity contribution in [1.82, 2.24) is 0 Å². The van der Waals surface area contributed by atoms with Crippen LogP contribution in [0.2, 0.25) is 0 Å². The average Bonchev–Trinajstić information content (AvgIpc) is 2.19. The maximum absolute atomic E-state index is 10.4. The summed E-state index contributed by atoms with van der Waals surface area (Å²) in [6, 6.07) is 8.98. The van der Waals surface area contributed by atoms with Crippen molar-refractivity contribution < 1.29 is 19.1 Å². The highest BCUT2D eigenvalue weighted by Crippen LogP contribution is 2.07. The van der Waals surface area contributed by atoms with Crippen molar-refractivity contribution in [3.63, 3.8) is 0 Å². The third-order valence-electron chi connectivity index (χ3n) is 1.29. The fourth-order valence-electron chi connectivity index (χ4n) is 0.655. The summed E-state index contributed by atoms with van der Waals surface area (Å²) >= 11 is 0. The van der Waals surface area contributed by atoms with Crippen molar-refractivity contribution in [2.24, 2.45) is 0 Å². The summed E-state index contributed by atoms with van der Waals surface area (Å²) in [6.07, 6.45) is 0. The van der Waals surface area contributed by atoms with E-state index in [9.17, 15) is 9.59 Å². The molecule has 0 saturated heterocycles. The molecule has 0 radical (unpaired) electrons. The Morgan fingerprint density at radius 2 is 1.47 bits per heavy atom.